The van der Waals surface area contributed by atoms with E-state index < -0.39 is 15.4 Å². The highest BCUT2D eigenvalue weighted by molar-refractivity contribution is 7.90. The Labute approximate surface area is 228 Å². The van der Waals surface area contributed by atoms with E-state index in [1.807, 2.05) is 30.9 Å². The third-order valence-corrected chi connectivity index (χ3v) is 9.08. The van der Waals surface area contributed by atoms with Crippen LogP contribution in [0.15, 0.2) is 58.5 Å². The second-order valence-corrected chi connectivity index (χ2v) is 13.0. The SMILES string of the molecule is C[C@@H]1COCCN1c1nc(N2C=NC3C=CC=CC32)nc2c1CN(C(=O)c1ccc(S(C)(=O)=O)cc1)C2(C)C. The number of hydrogen-bond donors (Lipinski definition) is 0. The number of nitrogens with zero attached hydrogens (tertiary/aromatic N) is 6. The average molecular weight is 549 g/mol. The first kappa shape index (κ1) is 25.7. The lowest BCUT2D eigenvalue weighted by Gasteiger charge is -2.36. The molecule has 3 atom stereocenters. The van der Waals surface area contributed by atoms with E-state index in [-0.39, 0.29) is 28.9 Å². The smallest absolute Gasteiger partial charge is 0.254 e. The van der Waals surface area contributed by atoms with Gasteiger partial charge in [0.15, 0.2) is 9.84 Å². The lowest BCUT2D eigenvalue weighted by atomic mass is 9.98. The number of amides is 1. The van der Waals surface area contributed by atoms with E-state index in [0.29, 0.717) is 37.8 Å². The molecule has 204 valence electrons. The molecule has 0 spiro atoms. The Hall–Kier alpha value is -3.57. The molecule has 39 heavy (non-hydrogen) atoms. The molecule has 10 nitrogen and oxygen atoms in total. The van der Waals surface area contributed by atoms with E-state index in [2.05, 4.69) is 29.0 Å². The van der Waals surface area contributed by atoms with Gasteiger partial charge in [0.1, 0.15) is 5.82 Å². The van der Waals surface area contributed by atoms with Gasteiger partial charge in [-0.05, 0) is 45.0 Å². The predicted molar refractivity (Wildman–Crippen MR) is 149 cm³/mol. The third kappa shape index (κ3) is 4.33. The van der Waals surface area contributed by atoms with Gasteiger partial charge in [-0.1, -0.05) is 24.3 Å². The van der Waals surface area contributed by atoms with E-state index >= 15 is 0 Å². The number of morpholine rings is 1. The molecular weight excluding hydrogens is 516 g/mol. The van der Waals surface area contributed by atoms with Gasteiger partial charge >= 0.3 is 0 Å². The second kappa shape index (κ2) is 9.27. The lowest BCUT2D eigenvalue weighted by molar-refractivity contribution is 0.0570. The van der Waals surface area contributed by atoms with Crippen molar-refractivity contribution in [1.82, 2.24) is 14.9 Å². The molecule has 1 aromatic heterocycles. The molecule has 3 aliphatic heterocycles. The van der Waals surface area contributed by atoms with Crippen molar-refractivity contribution in [3.8, 4) is 0 Å². The summed E-state index contributed by atoms with van der Waals surface area (Å²) in [7, 11) is -3.36. The summed E-state index contributed by atoms with van der Waals surface area (Å²) in [6.45, 7) is 8.33. The lowest BCUT2D eigenvalue weighted by Crippen LogP contribution is -2.45. The van der Waals surface area contributed by atoms with E-state index in [0.717, 1.165) is 23.3 Å². The van der Waals surface area contributed by atoms with Crippen LogP contribution in [0.2, 0.25) is 0 Å². The summed E-state index contributed by atoms with van der Waals surface area (Å²) in [6.07, 6.45) is 11.1. The van der Waals surface area contributed by atoms with E-state index in [4.69, 9.17) is 14.7 Å². The van der Waals surface area contributed by atoms with Gasteiger partial charge in [-0.3, -0.25) is 14.7 Å². The molecule has 4 heterocycles. The molecule has 1 aromatic carbocycles. The minimum Gasteiger partial charge on any atom is -0.377 e. The zero-order chi connectivity index (χ0) is 27.5. The molecule has 2 unspecified atom stereocenters. The highest BCUT2D eigenvalue weighted by Crippen LogP contribution is 2.44. The second-order valence-electron chi connectivity index (χ2n) is 11.0. The fraction of sp³-hybridized carbons (Fsp3) is 0.429. The van der Waals surface area contributed by atoms with Crippen molar-refractivity contribution in [2.24, 2.45) is 4.99 Å². The molecule has 1 amide bonds. The van der Waals surface area contributed by atoms with Gasteiger partial charge in [0, 0.05) is 23.9 Å². The molecule has 4 aliphatic rings. The van der Waals surface area contributed by atoms with E-state index in [1.165, 1.54) is 12.1 Å². The van der Waals surface area contributed by atoms with Crippen molar-refractivity contribution in [3.05, 3.63) is 65.4 Å². The Morgan fingerprint density at radius 2 is 1.85 bits per heavy atom. The number of fused-ring (bicyclic) bond motifs is 2. The summed E-state index contributed by atoms with van der Waals surface area (Å²) in [4.78, 5) is 34.9. The van der Waals surface area contributed by atoms with Crippen molar-refractivity contribution in [2.45, 2.75) is 55.9 Å². The maximum Gasteiger partial charge on any atom is 0.254 e. The van der Waals surface area contributed by atoms with Crippen molar-refractivity contribution in [1.29, 1.82) is 0 Å². The minimum absolute atomic E-state index is 0.00128. The summed E-state index contributed by atoms with van der Waals surface area (Å²) >= 11 is 0. The number of aromatic nitrogens is 2. The molecule has 0 radical (unpaired) electrons. The fourth-order valence-electron chi connectivity index (χ4n) is 5.71. The largest absolute Gasteiger partial charge is 0.377 e. The highest BCUT2D eigenvalue weighted by atomic mass is 32.2. The first-order valence-electron chi connectivity index (χ1n) is 13.1. The van der Waals surface area contributed by atoms with Crippen LogP contribution in [-0.4, -0.2) is 79.7 Å². The zero-order valence-electron chi connectivity index (χ0n) is 22.5. The molecule has 1 saturated heterocycles. The summed E-state index contributed by atoms with van der Waals surface area (Å²) < 4.78 is 29.5. The normalized spacial score (nSPS) is 25.2. The van der Waals surface area contributed by atoms with Crippen LogP contribution in [0.25, 0.3) is 0 Å². The Balaban J connectivity index is 1.41. The van der Waals surface area contributed by atoms with Crippen molar-refractivity contribution in [3.63, 3.8) is 0 Å². The maximum absolute atomic E-state index is 13.8. The molecule has 0 saturated carbocycles. The molecule has 6 rings (SSSR count). The molecule has 11 heteroatoms. The van der Waals surface area contributed by atoms with Gasteiger partial charge in [0.05, 0.1) is 60.4 Å². The molecule has 2 aromatic rings. The standard InChI is InChI=1S/C28H32N6O4S/c1-18-16-38-14-13-32(18)25-21-15-34(26(35)19-9-11-20(12-10-19)39(4,36)37)28(2,3)24(21)30-27(31-25)33-17-29-22-7-5-6-8-23(22)33/h5-12,17-18,22-23H,13-16H2,1-4H3/t18-,22?,23?/m1/s1. The van der Waals surface area contributed by atoms with Crippen LogP contribution in [-0.2, 0) is 26.7 Å². The van der Waals surface area contributed by atoms with Crippen LogP contribution in [0.4, 0.5) is 11.8 Å². The number of carbonyl (C=O) groups is 1. The van der Waals surface area contributed by atoms with Gasteiger partial charge in [0.2, 0.25) is 5.95 Å². The minimum atomic E-state index is -3.36. The van der Waals surface area contributed by atoms with Crippen molar-refractivity contribution < 1.29 is 17.9 Å². The van der Waals surface area contributed by atoms with Gasteiger partial charge in [0.25, 0.3) is 5.91 Å². The number of ether oxygens (including phenoxy) is 1. The Bertz CT molecular complexity index is 1520. The molecule has 0 N–H and O–H groups in total. The topological polar surface area (TPSA) is 108 Å². The van der Waals surface area contributed by atoms with Crippen LogP contribution < -0.4 is 9.80 Å². The maximum atomic E-state index is 13.8. The number of aliphatic imine (C=N–C) groups is 1. The number of sulfone groups is 1. The fourth-order valence-corrected chi connectivity index (χ4v) is 6.34. The Morgan fingerprint density at radius 3 is 2.56 bits per heavy atom. The zero-order valence-corrected chi connectivity index (χ0v) is 23.3. The molecule has 0 bridgehead atoms. The number of anilines is 2. The Kier molecular flexibility index (Phi) is 6.11. The first-order chi connectivity index (χ1) is 18.6. The summed E-state index contributed by atoms with van der Waals surface area (Å²) in [5.41, 5.74) is 1.41. The first-order valence-corrected chi connectivity index (χ1v) is 15.0. The molecular formula is C28H32N6O4S. The van der Waals surface area contributed by atoms with Gasteiger partial charge in [-0.15, -0.1) is 0 Å². The summed E-state index contributed by atoms with van der Waals surface area (Å²) in [6, 6.07) is 6.23. The Morgan fingerprint density at radius 1 is 1.10 bits per heavy atom. The van der Waals surface area contributed by atoms with Crippen molar-refractivity contribution in [2.75, 3.05) is 35.8 Å². The van der Waals surface area contributed by atoms with Gasteiger partial charge in [-0.2, -0.15) is 4.98 Å². The number of rotatable bonds is 4. The molecule has 1 aliphatic carbocycles. The number of carbonyl (C=O) groups excluding carboxylic acids is 1. The van der Waals surface area contributed by atoms with Crippen LogP contribution in [0.1, 0.15) is 42.4 Å². The van der Waals surface area contributed by atoms with Crippen LogP contribution in [0.3, 0.4) is 0 Å². The van der Waals surface area contributed by atoms with E-state index in [1.54, 1.807) is 23.4 Å². The van der Waals surface area contributed by atoms with Gasteiger partial charge < -0.3 is 14.5 Å². The predicted octanol–water partition coefficient (Wildman–Crippen LogP) is 2.71. The highest BCUT2D eigenvalue weighted by Gasteiger charge is 2.46. The monoisotopic (exact) mass is 548 g/mol. The summed E-state index contributed by atoms with van der Waals surface area (Å²) in [5, 5.41) is 0. The third-order valence-electron chi connectivity index (χ3n) is 7.95. The average Bonchev–Trinajstić information content (AvgIpc) is 3.46. The number of benzene rings is 1. The quantitative estimate of drug-likeness (QED) is 0.574. The van der Waals surface area contributed by atoms with Crippen molar-refractivity contribution >= 4 is 33.8 Å². The number of allylic oxidation sites excluding steroid dienone is 2. The van der Waals surface area contributed by atoms with Crippen LogP contribution >= 0.6 is 0 Å². The summed E-state index contributed by atoms with van der Waals surface area (Å²) in [5.74, 6) is 1.18. The number of hydrogen-bond acceptors (Lipinski definition) is 9. The van der Waals surface area contributed by atoms with Crippen LogP contribution in [0.5, 0.6) is 0 Å². The molecule has 1 fully saturated rings. The van der Waals surface area contributed by atoms with Gasteiger partial charge in [-0.25, -0.2) is 13.4 Å². The van der Waals surface area contributed by atoms with E-state index in [9.17, 15) is 13.2 Å². The van der Waals surface area contributed by atoms with Crippen LogP contribution in [0, 0.1) is 0 Å².